The lowest BCUT2D eigenvalue weighted by atomic mass is 10.0. The van der Waals surface area contributed by atoms with Gasteiger partial charge in [0, 0.05) is 19.4 Å². The number of unbranched alkanes of at least 4 members (excludes halogenated alkanes) is 29. The summed E-state index contributed by atoms with van der Waals surface area (Å²) in [5, 5.41) is 0. The van der Waals surface area contributed by atoms with E-state index in [-0.39, 0.29) is 25.2 Å². The lowest BCUT2D eigenvalue weighted by Crippen LogP contribution is -2.30. The van der Waals surface area contributed by atoms with E-state index in [1.54, 1.807) is 0 Å². The molecule has 0 aliphatic rings. The van der Waals surface area contributed by atoms with Gasteiger partial charge in [0.25, 0.3) is 0 Å². The van der Waals surface area contributed by atoms with Crippen molar-refractivity contribution in [1.82, 2.24) is 0 Å². The molecule has 0 fully saturated rings. The second-order valence-electron chi connectivity index (χ2n) is 17.4. The van der Waals surface area contributed by atoms with Crippen molar-refractivity contribution in [3.05, 3.63) is 48.6 Å². The first kappa shape index (κ1) is 57.9. The number of carbonyl (C=O) groups excluding carboxylic acids is 2. The molecule has 5 heteroatoms. The minimum atomic E-state index is -0.541. The Balaban J connectivity index is 4.25. The van der Waals surface area contributed by atoms with E-state index in [4.69, 9.17) is 14.2 Å². The van der Waals surface area contributed by atoms with E-state index in [0.717, 1.165) is 64.2 Å². The van der Waals surface area contributed by atoms with Gasteiger partial charge >= 0.3 is 11.9 Å². The molecule has 1 atom stereocenters. The Morgan fingerprint density at radius 2 is 0.733 bits per heavy atom. The highest BCUT2D eigenvalue weighted by atomic mass is 16.6. The maximum Gasteiger partial charge on any atom is 0.306 e. The Hall–Kier alpha value is -2.14. The molecular formula is C55H100O5. The summed E-state index contributed by atoms with van der Waals surface area (Å²) in [4.78, 5) is 25.4. The topological polar surface area (TPSA) is 61.8 Å². The number of allylic oxidation sites excluding steroid dienone is 8. The SMILES string of the molecule is CCC/C=C\C/C=C\CCCCCCCC(=O)OCC(COCCCCCCCCCC/C=C\C/C=C\CCCCC)OC(=O)CCCCCCCCCCCCCCC. The summed E-state index contributed by atoms with van der Waals surface area (Å²) in [5.41, 5.74) is 0. The van der Waals surface area contributed by atoms with Gasteiger partial charge in [-0.1, -0.05) is 223 Å². The fourth-order valence-corrected chi connectivity index (χ4v) is 7.40. The molecule has 0 heterocycles. The molecule has 0 aliphatic carbocycles. The summed E-state index contributed by atoms with van der Waals surface area (Å²) in [6.07, 6.45) is 62.6. The molecule has 0 rings (SSSR count). The first-order valence-electron chi connectivity index (χ1n) is 26.2. The van der Waals surface area contributed by atoms with Crippen LogP contribution < -0.4 is 0 Å². The van der Waals surface area contributed by atoms with Crippen LogP contribution in [-0.2, 0) is 23.8 Å². The van der Waals surface area contributed by atoms with Crippen molar-refractivity contribution in [3.63, 3.8) is 0 Å². The molecule has 350 valence electrons. The Morgan fingerprint density at radius 1 is 0.367 bits per heavy atom. The fraction of sp³-hybridized carbons (Fsp3) is 0.818. The minimum absolute atomic E-state index is 0.0785. The van der Waals surface area contributed by atoms with Crippen molar-refractivity contribution in [2.24, 2.45) is 0 Å². The number of ether oxygens (including phenoxy) is 3. The molecule has 0 saturated heterocycles. The molecule has 0 spiro atoms. The van der Waals surface area contributed by atoms with E-state index in [0.29, 0.717) is 19.4 Å². The van der Waals surface area contributed by atoms with Gasteiger partial charge in [0.05, 0.1) is 6.61 Å². The molecule has 0 aliphatic heterocycles. The quantitative estimate of drug-likeness (QED) is 0.0347. The normalized spacial score (nSPS) is 12.5. The maximum absolute atomic E-state index is 12.8. The second kappa shape index (κ2) is 51.2. The smallest absolute Gasteiger partial charge is 0.306 e. The first-order valence-corrected chi connectivity index (χ1v) is 26.2. The van der Waals surface area contributed by atoms with Crippen LogP contribution in [0.3, 0.4) is 0 Å². The number of carbonyl (C=O) groups is 2. The molecule has 0 saturated carbocycles. The lowest BCUT2D eigenvalue weighted by Gasteiger charge is -2.18. The Kier molecular flexibility index (Phi) is 49.4. The van der Waals surface area contributed by atoms with Crippen LogP contribution in [0.1, 0.15) is 265 Å². The van der Waals surface area contributed by atoms with E-state index in [1.165, 1.54) is 167 Å². The average Bonchev–Trinajstić information content (AvgIpc) is 3.25. The molecule has 0 aromatic heterocycles. The molecule has 0 aromatic carbocycles. The molecular weight excluding hydrogens is 741 g/mol. The van der Waals surface area contributed by atoms with Gasteiger partial charge in [-0.3, -0.25) is 9.59 Å². The van der Waals surface area contributed by atoms with Crippen molar-refractivity contribution in [1.29, 1.82) is 0 Å². The maximum atomic E-state index is 12.8. The van der Waals surface area contributed by atoms with Crippen LogP contribution in [-0.4, -0.2) is 37.9 Å². The van der Waals surface area contributed by atoms with E-state index < -0.39 is 6.10 Å². The second-order valence-corrected chi connectivity index (χ2v) is 17.4. The van der Waals surface area contributed by atoms with Crippen molar-refractivity contribution < 1.29 is 23.8 Å². The predicted molar refractivity (Wildman–Crippen MR) is 261 cm³/mol. The first-order chi connectivity index (χ1) is 29.6. The van der Waals surface area contributed by atoms with E-state index in [2.05, 4.69) is 69.4 Å². The van der Waals surface area contributed by atoms with Crippen LogP contribution in [0, 0.1) is 0 Å². The summed E-state index contributed by atoms with van der Waals surface area (Å²) < 4.78 is 17.4. The summed E-state index contributed by atoms with van der Waals surface area (Å²) in [5.74, 6) is -0.407. The molecule has 5 nitrogen and oxygen atoms in total. The van der Waals surface area contributed by atoms with Gasteiger partial charge in [0.1, 0.15) is 6.61 Å². The lowest BCUT2D eigenvalue weighted by molar-refractivity contribution is -0.163. The number of hydrogen-bond donors (Lipinski definition) is 0. The van der Waals surface area contributed by atoms with Crippen molar-refractivity contribution in [2.45, 2.75) is 271 Å². The highest BCUT2D eigenvalue weighted by molar-refractivity contribution is 5.70. The van der Waals surface area contributed by atoms with Gasteiger partial charge in [0.15, 0.2) is 6.10 Å². The molecule has 60 heavy (non-hydrogen) atoms. The zero-order chi connectivity index (χ0) is 43.5. The molecule has 1 unspecified atom stereocenters. The zero-order valence-corrected chi connectivity index (χ0v) is 40.2. The third kappa shape index (κ3) is 48.5. The number of hydrogen-bond acceptors (Lipinski definition) is 5. The largest absolute Gasteiger partial charge is 0.462 e. The van der Waals surface area contributed by atoms with Gasteiger partial charge in [-0.05, 0) is 77.0 Å². The predicted octanol–water partition coefficient (Wildman–Crippen LogP) is 17.6. The van der Waals surface area contributed by atoms with Crippen LogP contribution in [0.4, 0.5) is 0 Å². The fourth-order valence-electron chi connectivity index (χ4n) is 7.40. The molecule has 0 N–H and O–H groups in total. The standard InChI is InChI=1S/C55H100O5/c1-4-7-10-13-16-19-22-25-26-27-28-29-32-35-38-41-44-47-50-58-51-53(60-55(57)49-46-43-40-37-34-31-24-21-18-15-12-9-6-3)52-59-54(56)48-45-42-39-36-33-30-23-20-17-14-11-8-5-2/h11,14,16,19-20,23,25-26,53H,4-10,12-13,15,17-18,21-22,24,27-52H2,1-3H3/b14-11-,19-16-,23-20-,26-25-. The van der Waals surface area contributed by atoms with Crippen LogP contribution in [0.25, 0.3) is 0 Å². The van der Waals surface area contributed by atoms with Crippen LogP contribution in [0.5, 0.6) is 0 Å². The van der Waals surface area contributed by atoms with Gasteiger partial charge in [0.2, 0.25) is 0 Å². The minimum Gasteiger partial charge on any atom is -0.462 e. The van der Waals surface area contributed by atoms with Crippen LogP contribution >= 0.6 is 0 Å². The summed E-state index contributed by atoms with van der Waals surface area (Å²) in [6, 6.07) is 0. The highest BCUT2D eigenvalue weighted by Crippen LogP contribution is 2.15. The van der Waals surface area contributed by atoms with Gasteiger partial charge in [-0.2, -0.15) is 0 Å². The molecule has 0 bridgehead atoms. The average molecular weight is 841 g/mol. The van der Waals surface area contributed by atoms with Crippen LogP contribution in [0.15, 0.2) is 48.6 Å². The van der Waals surface area contributed by atoms with E-state index in [9.17, 15) is 9.59 Å². The zero-order valence-electron chi connectivity index (χ0n) is 40.2. The van der Waals surface area contributed by atoms with Crippen molar-refractivity contribution >= 4 is 11.9 Å². The van der Waals surface area contributed by atoms with Crippen molar-refractivity contribution in [2.75, 3.05) is 19.8 Å². The third-order valence-electron chi connectivity index (χ3n) is 11.3. The molecule has 0 amide bonds. The Morgan fingerprint density at radius 3 is 1.20 bits per heavy atom. The van der Waals surface area contributed by atoms with Gasteiger partial charge in [-0.25, -0.2) is 0 Å². The Bertz CT molecular complexity index is 997. The number of esters is 2. The third-order valence-corrected chi connectivity index (χ3v) is 11.3. The summed E-state index contributed by atoms with van der Waals surface area (Å²) in [6.45, 7) is 7.74. The van der Waals surface area contributed by atoms with E-state index >= 15 is 0 Å². The Labute approximate surface area is 373 Å². The number of rotatable bonds is 48. The molecule has 0 aromatic rings. The van der Waals surface area contributed by atoms with E-state index in [1.807, 2.05) is 0 Å². The molecule has 0 radical (unpaired) electrons. The van der Waals surface area contributed by atoms with Crippen molar-refractivity contribution in [3.8, 4) is 0 Å². The summed E-state index contributed by atoms with van der Waals surface area (Å²) in [7, 11) is 0. The van der Waals surface area contributed by atoms with Gasteiger partial charge < -0.3 is 14.2 Å². The monoisotopic (exact) mass is 841 g/mol. The summed E-state index contributed by atoms with van der Waals surface area (Å²) >= 11 is 0. The highest BCUT2D eigenvalue weighted by Gasteiger charge is 2.17. The van der Waals surface area contributed by atoms with Crippen LogP contribution in [0.2, 0.25) is 0 Å². The van der Waals surface area contributed by atoms with Gasteiger partial charge in [-0.15, -0.1) is 0 Å².